The third-order valence-corrected chi connectivity index (χ3v) is 6.53. The van der Waals surface area contributed by atoms with E-state index < -0.39 is 5.54 Å². The molecule has 3 heterocycles. The lowest BCUT2D eigenvalue weighted by Crippen LogP contribution is -2.52. The predicted octanol–water partition coefficient (Wildman–Crippen LogP) is 6.07. The maximum atomic E-state index is 13.1. The number of fused-ring (bicyclic) bond motifs is 4. The van der Waals surface area contributed by atoms with Crippen molar-refractivity contribution in [1.29, 1.82) is 0 Å². The summed E-state index contributed by atoms with van der Waals surface area (Å²) < 4.78 is 6.15. The number of nitrogens with zero attached hydrogens (tertiary/aromatic N) is 2. The Hall–Kier alpha value is -3.06. The van der Waals surface area contributed by atoms with E-state index in [1.54, 1.807) is 36.5 Å². The average Bonchev–Trinajstić information content (AvgIpc) is 3.24. The Kier molecular flexibility index (Phi) is 6.61. The number of rotatable bonds is 3. The summed E-state index contributed by atoms with van der Waals surface area (Å²) in [6.45, 7) is 4.42. The Morgan fingerprint density at radius 1 is 1.24 bits per heavy atom. The summed E-state index contributed by atoms with van der Waals surface area (Å²) in [6.07, 6.45) is 8.21. The second-order valence-electron chi connectivity index (χ2n) is 8.38. The van der Waals surface area contributed by atoms with Gasteiger partial charge in [0.05, 0.1) is 16.2 Å². The van der Waals surface area contributed by atoms with Crippen LogP contribution < -0.4 is 10.6 Å². The highest BCUT2D eigenvalue weighted by molar-refractivity contribution is 6.35. The van der Waals surface area contributed by atoms with Gasteiger partial charge < -0.3 is 20.0 Å². The summed E-state index contributed by atoms with van der Waals surface area (Å²) in [5.41, 5.74) is 2.44. The Morgan fingerprint density at radius 2 is 2.00 bits per heavy atom. The third-order valence-electron chi connectivity index (χ3n) is 6.24. The first-order valence-corrected chi connectivity index (χ1v) is 11.8. The SMILES string of the molecule is CC.CN(Cc1cccnc1)C(=O)c1cc2cc(Cl)c3c(c2o1)C1(CCCCC1)NC(=O)N3. The Bertz CT molecular complexity index is 1170. The van der Waals surface area contributed by atoms with Gasteiger partial charge in [0.25, 0.3) is 5.91 Å². The van der Waals surface area contributed by atoms with Crippen LogP contribution in [0.25, 0.3) is 11.0 Å². The van der Waals surface area contributed by atoms with Crippen molar-refractivity contribution in [1.82, 2.24) is 15.2 Å². The minimum absolute atomic E-state index is 0.226. The van der Waals surface area contributed by atoms with Gasteiger partial charge in [0.2, 0.25) is 0 Å². The third kappa shape index (κ3) is 4.29. The molecule has 2 N–H and O–H groups in total. The molecule has 0 atom stereocenters. The number of hydrogen-bond donors (Lipinski definition) is 2. The van der Waals surface area contributed by atoms with Crippen molar-refractivity contribution in [3.05, 3.63) is 58.6 Å². The van der Waals surface area contributed by atoms with Crippen LogP contribution in [0.3, 0.4) is 0 Å². The summed E-state index contributed by atoms with van der Waals surface area (Å²) in [5, 5.41) is 7.18. The number of halogens is 1. The fraction of sp³-hybridized carbons (Fsp3) is 0.400. The molecule has 1 saturated carbocycles. The molecule has 0 unspecified atom stereocenters. The number of benzene rings is 1. The van der Waals surface area contributed by atoms with E-state index in [0.717, 1.165) is 48.6 Å². The highest BCUT2D eigenvalue weighted by atomic mass is 35.5. The normalized spacial score (nSPS) is 16.3. The number of pyridine rings is 1. The first-order valence-electron chi connectivity index (χ1n) is 11.5. The molecule has 1 aliphatic heterocycles. The molecule has 2 aromatic heterocycles. The number of carbonyl (C=O) groups excluding carboxylic acids is 2. The largest absolute Gasteiger partial charge is 0.450 e. The fourth-order valence-corrected chi connectivity index (χ4v) is 5.07. The maximum Gasteiger partial charge on any atom is 0.319 e. The molecule has 7 nitrogen and oxygen atoms in total. The predicted molar refractivity (Wildman–Crippen MR) is 130 cm³/mol. The van der Waals surface area contributed by atoms with Gasteiger partial charge in [0, 0.05) is 36.9 Å². The van der Waals surface area contributed by atoms with Crippen molar-refractivity contribution in [2.45, 2.75) is 58.0 Å². The van der Waals surface area contributed by atoms with Gasteiger partial charge in [-0.25, -0.2) is 4.79 Å². The highest BCUT2D eigenvalue weighted by Gasteiger charge is 2.44. The topological polar surface area (TPSA) is 87.5 Å². The van der Waals surface area contributed by atoms with Gasteiger partial charge in [-0.2, -0.15) is 0 Å². The molecule has 2 aliphatic rings. The summed E-state index contributed by atoms with van der Waals surface area (Å²) in [6, 6.07) is 6.99. The lowest BCUT2D eigenvalue weighted by Gasteiger charge is -2.42. The maximum absolute atomic E-state index is 13.1. The van der Waals surface area contributed by atoms with E-state index in [4.69, 9.17) is 16.0 Å². The second kappa shape index (κ2) is 9.43. The summed E-state index contributed by atoms with van der Waals surface area (Å²) in [5.74, 6) is 0.0177. The molecule has 0 saturated heterocycles. The molecule has 8 heteroatoms. The van der Waals surface area contributed by atoms with Crippen molar-refractivity contribution < 1.29 is 14.0 Å². The Labute approximate surface area is 198 Å². The highest BCUT2D eigenvalue weighted by Crippen LogP contribution is 2.49. The van der Waals surface area contributed by atoms with Crippen molar-refractivity contribution >= 4 is 40.2 Å². The quantitative estimate of drug-likeness (QED) is 0.488. The van der Waals surface area contributed by atoms with Gasteiger partial charge in [-0.1, -0.05) is 50.8 Å². The standard InChI is InChI=1S/C23H23ClN4O3.C2H6/c1-28(13-14-6-5-9-25-12-14)21(29)17-11-15-10-16(24)19-18(20(15)31-17)23(27-22(30)26-19)7-3-2-4-8-23;1-2/h5-6,9-12H,2-4,7-8,13H2,1H3,(H2,26,27,30);1-2H3. The molecule has 1 spiro atoms. The van der Waals surface area contributed by atoms with Crippen LogP contribution in [0.5, 0.6) is 0 Å². The Morgan fingerprint density at radius 3 is 2.70 bits per heavy atom. The molecule has 174 valence electrons. The number of amides is 3. The van der Waals surface area contributed by atoms with Crippen LogP contribution in [0.1, 0.15) is 67.6 Å². The minimum Gasteiger partial charge on any atom is -0.450 e. The molecule has 0 radical (unpaired) electrons. The van der Waals surface area contributed by atoms with Crippen molar-refractivity contribution in [2.75, 3.05) is 12.4 Å². The van der Waals surface area contributed by atoms with E-state index in [1.807, 2.05) is 26.0 Å². The van der Waals surface area contributed by atoms with Crippen LogP contribution in [-0.4, -0.2) is 28.9 Å². The van der Waals surface area contributed by atoms with E-state index in [1.165, 1.54) is 0 Å². The lowest BCUT2D eigenvalue weighted by molar-refractivity contribution is 0.0755. The average molecular weight is 469 g/mol. The fourth-order valence-electron chi connectivity index (χ4n) is 4.81. The van der Waals surface area contributed by atoms with Crippen LogP contribution in [0.15, 0.2) is 41.1 Å². The Balaban J connectivity index is 0.00000126. The molecular formula is C25H29ClN4O3. The van der Waals surface area contributed by atoms with E-state index in [-0.39, 0.29) is 17.7 Å². The molecule has 0 bridgehead atoms. The molecule has 5 rings (SSSR count). The molecule has 1 fully saturated rings. The number of nitrogens with one attached hydrogen (secondary N) is 2. The second-order valence-corrected chi connectivity index (χ2v) is 8.79. The minimum atomic E-state index is -0.529. The van der Waals surface area contributed by atoms with Crippen molar-refractivity contribution in [3.8, 4) is 0 Å². The van der Waals surface area contributed by atoms with Crippen LogP contribution in [0, 0.1) is 0 Å². The molecule has 33 heavy (non-hydrogen) atoms. The zero-order valence-corrected chi connectivity index (χ0v) is 20.0. The van der Waals surface area contributed by atoms with Gasteiger partial charge in [-0.05, 0) is 36.6 Å². The smallest absolute Gasteiger partial charge is 0.319 e. The first-order chi connectivity index (χ1) is 16.0. The van der Waals surface area contributed by atoms with E-state index >= 15 is 0 Å². The van der Waals surface area contributed by atoms with Gasteiger partial charge in [0.1, 0.15) is 5.58 Å². The van der Waals surface area contributed by atoms with Crippen LogP contribution in [0.4, 0.5) is 10.5 Å². The lowest BCUT2D eigenvalue weighted by atomic mass is 9.74. The van der Waals surface area contributed by atoms with Gasteiger partial charge in [-0.15, -0.1) is 0 Å². The monoisotopic (exact) mass is 468 g/mol. The van der Waals surface area contributed by atoms with E-state index in [9.17, 15) is 9.59 Å². The first kappa shape index (κ1) is 23.1. The molecule has 1 aromatic carbocycles. The number of anilines is 1. The van der Waals surface area contributed by atoms with E-state index in [2.05, 4.69) is 15.6 Å². The summed E-state index contributed by atoms with van der Waals surface area (Å²) in [4.78, 5) is 31.2. The zero-order valence-electron chi connectivity index (χ0n) is 19.2. The summed E-state index contributed by atoms with van der Waals surface area (Å²) >= 11 is 6.56. The van der Waals surface area contributed by atoms with Gasteiger partial charge in [0.15, 0.2) is 5.76 Å². The number of furan rings is 1. The van der Waals surface area contributed by atoms with Gasteiger partial charge >= 0.3 is 6.03 Å². The van der Waals surface area contributed by atoms with Crippen LogP contribution >= 0.6 is 11.6 Å². The number of aromatic nitrogens is 1. The van der Waals surface area contributed by atoms with Crippen molar-refractivity contribution in [3.63, 3.8) is 0 Å². The molecule has 1 aliphatic carbocycles. The van der Waals surface area contributed by atoms with Crippen LogP contribution in [0.2, 0.25) is 5.02 Å². The molecule has 3 amide bonds. The van der Waals surface area contributed by atoms with E-state index in [0.29, 0.717) is 22.8 Å². The molecule has 3 aromatic rings. The number of hydrogen-bond acceptors (Lipinski definition) is 4. The number of carbonyl (C=O) groups is 2. The van der Waals surface area contributed by atoms with Gasteiger partial charge in [-0.3, -0.25) is 9.78 Å². The molecular weight excluding hydrogens is 440 g/mol. The summed E-state index contributed by atoms with van der Waals surface area (Å²) in [7, 11) is 1.73. The number of urea groups is 1. The zero-order chi connectivity index (χ0) is 23.6. The van der Waals surface area contributed by atoms with Crippen molar-refractivity contribution in [2.24, 2.45) is 0 Å². The van der Waals surface area contributed by atoms with Crippen LogP contribution in [-0.2, 0) is 12.1 Å².